The third-order valence-electron chi connectivity index (χ3n) is 4.14. The zero-order valence-corrected chi connectivity index (χ0v) is 19.7. The molecular weight excluding hydrogens is 477 g/mol. The SMILES string of the molecule is CCNC(=NCc1nc(C(C)C)cs1)NCC(NC(=O)OCC)C1CC1.I. The number of aliphatic imine (C=N–C) groups is 1. The number of ether oxygens (including phenoxy) is 1. The van der Waals surface area contributed by atoms with E-state index in [1.807, 2.05) is 13.8 Å². The molecule has 1 atom stereocenters. The first-order valence-electron chi connectivity index (χ1n) is 9.43. The molecule has 1 heterocycles. The molecule has 1 amide bonds. The van der Waals surface area contributed by atoms with Gasteiger partial charge in [0.1, 0.15) is 5.01 Å². The van der Waals surface area contributed by atoms with Crippen molar-refractivity contribution in [3.05, 3.63) is 16.1 Å². The van der Waals surface area contributed by atoms with E-state index in [0.29, 0.717) is 31.5 Å². The van der Waals surface area contributed by atoms with Crippen molar-refractivity contribution in [3.8, 4) is 0 Å². The maximum Gasteiger partial charge on any atom is 0.407 e. The lowest BCUT2D eigenvalue weighted by molar-refractivity contribution is 0.146. The average molecular weight is 509 g/mol. The first kappa shape index (κ1) is 23.9. The number of nitrogens with one attached hydrogen (secondary N) is 3. The van der Waals surface area contributed by atoms with E-state index < -0.39 is 0 Å². The summed E-state index contributed by atoms with van der Waals surface area (Å²) in [5.41, 5.74) is 1.12. The molecule has 2 rings (SSSR count). The Morgan fingerprint density at radius 1 is 1.37 bits per heavy atom. The molecule has 9 heteroatoms. The number of aromatic nitrogens is 1. The summed E-state index contributed by atoms with van der Waals surface area (Å²) >= 11 is 1.64. The Morgan fingerprint density at radius 2 is 2.11 bits per heavy atom. The van der Waals surface area contributed by atoms with Crippen LogP contribution in [0.3, 0.4) is 0 Å². The Morgan fingerprint density at radius 3 is 2.67 bits per heavy atom. The Kier molecular flexibility index (Phi) is 11.0. The molecule has 1 saturated carbocycles. The Labute approximate surface area is 183 Å². The van der Waals surface area contributed by atoms with Gasteiger partial charge in [-0.3, -0.25) is 0 Å². The first-order valence-corrected chi connectivity index (χ1v) is 10.3. The van der Waals surface area contributed by atoms with E-state index >= 15 is 0 Å². The minimum atomic E-state index is -0.350. The van der Waals surface area contributed by atoms with E-state index in [-0.39, 0.29) is 36.1 Å². The number of carbonyl (C=O) groups excluding carboxylic acids is 1. The second kappa shape index (κ2) is 12.4. The standard InChI is InChI=1S/C18H31N5O2S.HI/c1-5-19-17(21-10-16-22-15(11-26-16)12(3)4)20-9-14(13-7-8-13)23-18(24)25-6-2;/h11-14H,5-10H2,1-4H3,(H,23,24)(H2,19,20,21);1H. The van der Waals surface area contributed by atoms with Crippen molar-refractivity contribution in [2.45, 2.75) is 59.0 Å². The fraction of sp³-hybridized carbons (Fsp3) is 0.722. The van der Waals surface area contributed by atoms with Crippen molar-refractivity contribution in [2.75, 3.05) is 19.7 Å². The lowest BCUT2D eigenvalue weighted by Gasteiger charge is -2.20. The number of amides is 1. The smallest absolute Gasteiger partial charge is 0.407 e. The van der Waals surface area contributed by atoms with Crippen LogP contribution in [0.4, 0.5) is 4.79 Å². The highest BCUT2D eigenvalue weighted by atomic mass is 127. The van der Waals surface area contributed by atoms with Gasteiger partial charge in [0, 0.05) is 18.5 Å². The van der Waals surface area contributed by atoms with Gasteiger partial charge in [0.05, 0.1) is 24.9 Å². The molecule has 1 unspecified atom stereocenters. The monoisotopic (exact) mass is 509 g/mol. The molecular formula is C18H32IN5O2S. The van der Waals surface area contributed by atoms with Crippen LogP contribution in [0.2, 0.25) is 0 Å². The predicted octanol–water partition coefficient (Wildman–Crippen LogP) is 3.46. The molecule has 0 bridgehead atoms. The van der Waals surface area contributed by atoms with E-state index in [0.717, 1.165) is 36.0 Å². The highest BCUT2D eigenvalue weighted by Gasteiger charge is 2.32. The summed E-state index contributed by atoms with van der Waals surface area (Å²) in [5, 5.41) is 12.6. The summed E-state index contributed by atoms with van der Waals surface area (Å²) in [6, 6.07) is 0.0605. The van der Waals surface area contributed by atoms with Gasteiger partial charge in [-0.15, -0.1) is 35.3 Å². The molecule has 7 nitrogen and oxygen atoms in total. The van der Waals surface area contributed by atoms with Gasteiger partial charge in [-0.1, -0.05) is 13.8 Å². The maximum atomic E-state index is 11.7. The van der Waals surface area contributed by atoms with Gasteiger partial charge in [-0.05, 0) is 38.5 Å². The zero-order chi connectivity index (χ0) is 18.9. The van der Waals surface area contributed by atoms with Crippen molar-refractivity contribution in [1.29, 1.82) is 0 Å². The fourth-order valence-corrected chi connectivity index (χ4v) is 3.40. The van der Waals surface area contributed by atoms with Gasteiger partial charge in [0.2, 0.25) is 0 Å². The van der Waals surface area contributed by atoms with Crippen molar-refractivity contribution in [1.82, 2.24) is 20.9 Å². The number of halogens is 1. The zero-order valence-electron chi connectivity index (χ0n) is 16.6. The van der Waals surface area contributed by atoms with Crippen LogP contribution in [0, 0.1) is 5.92 Å². The highest BCUT2D eigenvalue weighted by Crippen LogP contribution is 2.32. The first-order chi connectivity index (χ1) is 12.5. The molecule has 0 aromatic carbocycles. The van der Waals surface area contributed by atoms with Crippen LogP contribution in [0.1, 0.15) is 57.2 Å². The lowest BCUT2D eigenvalue weighted by Crippen LogP contribution is -2.48. The van der Waals surface area contributed by atoms with Crippen LogP contribution in [0.5, 0.6) is 0 Å². The molecule has 1 aromatic heterocycles. The molecule has 1 aliphatic carbocycles. The fourth-order valence-electron chi connectivity index (χ4n) is 2.52. The van der Waals surface area contributed by atoms with Crippen LogP contribution in [-0.4, -0.2) is 42.8 Å². The summed E-state index contributed by atoms with van der Waals surface area (Å²) in [6.07, 6.45) is 1.93. The molecule has 154 valence electrons. The number of hydrogen-bond donors (Lipinski definition) is 3. The van der Waals surface area contributed by atoms with Crippen LogP contribution < -0.4 is 16.0 Å². The summed E-state index contributed by atoms with van der Waals surface area (Å²) in [7, 11) is 0. The van der Waals surface area contributed by atoms with Crippen LogP contribution in [-0.2, 0) is 11.3 Å². The second-order valence-electron chi connectivity index (χ2n) is 6.71. The Hall–Kier alpha value is -1.10. The number of carbonyl (C=O) groups is 1. The number of alkyl carbamates (subject to hydrolysis) is 1. The van der Waals surface area contributed by atoms with Gasteiger partial charge in [-0.25, -0.2) is 14.8 Å². The summed E-state index contributed by atoms with van der Waals surface area (Å²) in [5.74, 6) is 1.69. The van der Waals surface area contributed by atoms with Gasteiger partial charge < -0.3 is 20.7 Å². The normalized spacial score (nSPS) is 15.1. The quantitative estimate of drug-likeness (QED) is 0.270. The van der Waals surface area contributed by atoms with E-state index in [2.05, 4.69) is 45.2 Å². The minimum absolute atomic E-state index is 0. The molecule has 27 heavy (non-hydrogen) atoms. The maximum absolute atomic E-state index is 11.7. The largest absolute Gasteiger partial charge is 0.450 e. The molecule has 3 N–H and O–H groups in total. The molecule has 1 fully saturated rings. The van der Waals surface area contributed by atoms with Gasteiger partial charge in [0.15, 0.2) is 5.96 Å². The topological polar surface area (TPSA) is 87.6 Å². The number of guanidine groups is 1. The predicted molar refractivity (Wildman–Crippen MR) is 121 cm³/mol. The van der Waals surface area contributed by atoms with Crippen LogP contribution in [0.25, 0.3) is 0 Å². The van der Waals surface area contributed by atoms with Gasteiger partial charge in [-0.2, -0.15) is 0 Å². The number of nitrogens with zero attached hydrogens (tertiary/aromatic N) is 2. The van der Waals surface area contributed by atoms with E-state index in [1.165, 1.54) is 0 Å². The molecule has 0 radical (unpaired) electrons. The van der Waals surface area contributed by atoms with Gasteiger partial charge in [0.25, 0.3) is 0 Å². The summed E-state index contributed by atoms with van der Waals surface area (Å²) in [4.78, 5) is 20.9. The summed E-state index contributed by atoms with van der Waals surface area (Å²) in [6.45, 7) is 10.5. The number of hydrogen-bond acceptors (Lipinski definition) is 5. The Balaban J connectivity index is 0.00000364. The molecule has 1 aromatic rings. The average Bonchev–Trinajstić information content (AvgIpc) is 3.33. The minimum Gasteiger partial charge on any atom is -0.450 e. The third-order valence-corrected chi connectivity index (χ3v) is 4.99. The van der Waals surface area contributed by atoms with Crippen molar-refractivity contribution in [2.24, 2.45) is 10.9 Å². The van der Waals surface area contributed by atoms with E-state index in [1.54, 1.807) is 11.3 Å². The second-order valence-corrected chi connectivity index (χ2v) is 7.65. The van der Waals surface area contributed by atoms with Crippen LogP contribution >= 0.6 is 35.3 Å². The number of thiazole rings is 1. The van der Waals surface area contributed by atoms with Crippen molar-refractivity contribution in [3.63, 3.8) is 0 Å². The van der Waals surface area contributed by atoms with Crippen molar-refractivity contribution < 1.29 is 9.53 Å². The highest BCUT2D eigenvalue weighted by molar-refractivity contribution is 14.0. The van der Waals surface area contributed by atoms with Crippen molar-refractivity contribution >= 4 is 47.4 Å². The molecule has 0 spiro atoms. The lowest BCUT2D eigenvalue weighted by atomic mass is 10.2. The Bertz CT molecular complexity index is 604. The van der Waals surface area contributed by atoms with E-state index in [9.17, 15) is 4.79 Å². The summed E-state index contributed by atoms with van der Waals surface area (Å²) < 4.78 is 5.00. The molecule has 0 aliphatic heterocycles. The third kappa shape index (κ3) is 8.63. The van der Waals surface area contributed by atoms with Gasteiger partial charge >= 0.3 is 6.09 Å². The molecule has 0 saturated heterocycles. The molecule has 1 aliphatic rings. The number of rotatable bonds is 9. The van der Waals surface area contributed by atoms with Crippen LogP contribution in [0.15, 0.2) is 10.4 Å². The van der Waals surface area contributed by atoms with E-state index in [4.69, 9.17) is 4.74 Å².